The van der Waals surface area contributed by atoms with E-state index in [4.69, 9.17) is 4.84 Å². The fourth-order valence-corrected chi connectivity index (χ4v) is 7.50. The first-order valence-electron chi connectivity index (χ1n) is 11.3. The zero-order valence-corrected chi connectivity index (χ0v) is 19.5. The van der Waals surface area contributed by atoms with Crippen LogP contribution in [0.25, 0.3) is 0 Å². The highest BCUT2D eigenvalue weighted by molar-refractivity contribution is 7.92. The molecule has 2 saturated heterocycles. The summed E-state index contributed by atoms with van der Waals surface area (Å²) in [6.07, 6.45) is 2.21. The molecule has 0 N–H and O–H groups in total. The predicted molar refractivity (Wildman–Crippen MR) is 130 cm³/mol. The van der Waals surface area contributed by atoms with Crippen LogP contribution in [0.4, 0.5) is 0 Å². The monoisotopic (exact) mass is 460 g/mol. The van der Waals surface area contributed by atoms with E-state index >= 15 is 0 Å². The van der Waals surface area contributed by atoms with Gasteiger partial charge in [0, 0.05) is 12.6 Å². The van der Waals surface area contributed by atoms with Gasteiger partial charge in [0.1, 0.15) is 18.1 Å². The second-order valence-corrected chi connectivity index (χ2v) is 10.9. The number of fused-ring (bicyclic) bond motifs is 2. The molecular formula is C27H28N2O3S. The van der Waals surface area contributed by atoms with Gasteiger partial charge in [-0.2, -0.15) is 0 Å². The number of piperidine rings is 1. The highest BCUT2D eigenvalue weighted by atomic mass is 32.2. The van der Waals surface area contributed by atoms with E-state index in [0.29, 0.717) is 17.0 Å². The SMILES string of the molecule is CON=C1C(S(=O)(=O)c2ccccc2)CC2CCC1(c1ccccc1)N2Cc1ccccc1. The van der Waals surface area contributed by atoms with Gasteiger partial charge >= 0.3 is 0 Å². The molecule has 33 heavy (non-hydrogen) atoms. The molecule has 5 rings (SSSR count). The second-order valence-electron chi connectivity index (χ2n) is 8.77. The van der Waals surface area contributed by atoms with E-state index in [1.807, 2.05) is 42.5 Å². The van der Waals surface area contributed by atoms with E-state index in [9.17, 15) is 8.42 Å². The minimum atomic E-state index is -3.64. The van der Waals surface area contributed by atoms with Crippen molar-refractivity contribution in [2.45, 2.75) is 47.5 Å². The van der Waals surface area contributed by atoms with Gasteiger partial charge in [-0.05, 0) is 42.5 Å². The first kappa shape index (κ1) is 21.9. The summed E-state index contributed by atoms with van der Waals surface area (Å²) in [5.41, 5.74) is 2.21. The molecule has 0 aliphatic carbocycles. The number of sulfone groups is 1. The Balaban J connectivity index is 1.68. The van der Waals surface area contributed by atoms with Crippen molar-refractivity contribution in [3.8, 4) is 0 Å². The van der Waals surface area contributed by atoms with Gasteiger partial charge in [-0.1, -0.05) is 84.0 Å². The Bertz CT molecular complexity index is 1230. The number of hydrogen-bond donors (Lipinski definition) is 0. The molecule has 170 valence electrons. The Morgan fingerprint density at radius 2 is 1.55 bits per heavy atom. The van der Waals surface area contributed by atoms with Crippen molar-refractivity contribution < 1.29 is 13.3 Å². The lowest BCUT2D eigenvalue weighted by Gasteiger charge is -2.48. The minimum absolute atomic E-state index is 0.129. The number of nitrogens with zero attached hydrogens (tertiary/aromatic N) is 2. The Hall–Kier alpha value is -2.96. The summed E-state index contributed by atoms with van der Waals surface area (Å²) in [7, 11) is -2.14. The molecular weight excluding hydrogens is 432 g/mol. The summed E-state index contributed by atoms with van der Waals surface area (Å²) in [5, 5.41) is 3.74. The van der Waals surface area contributed by atoms with Crippen LogP contribution in [0.2, 0.25) is 0 Å². The zero-order chi connectivity index (χ0) is 22.9. The molecule has 2 bridgehead atoms. The molecule has 3 aromatic carbocycles. The van der Waals surface area contributed by atoms with E-state index in [-0.39, 0.29) is 6.04 Å². The van der Waals surface area contributed by atoms with E-state index in [1.54, 1.807) is 24.3 Å². The van der Waals surface area contributed by atoms with Crippen LogP contribution in [-0.2, 0) is 26.8 Å². The summed E-state index contributed by atoms with van der Waals surface area (Å²) >= 11 is 0. The summed E-state index contributed by atoms with van der Waals surface area (Å²) in [6, 6.07) is 29.4. The third kappa shape index (κ3) is 3.67. The van der Waals surface area contributed by atoms with Crippen LogP contribution < -0.4 is 0 Å². The van der Waals surface area contributed by atoms with Crippen molar-refractivity contribution in [3.05, 3.63) is 102 Å². The number of benzene rings is 3. The second kappa shape index (κ2) is 8.76. The molecule has 0 aromatic heterocycles. The van der Waals surface area contributed by atoms with Crippen molar-refractivity contribution in [2.75, 3.05) is 7.11 Å². The number of oxime groups is 1. The topological polar surface area (TPSA) is 59.0 Å². The van der Waals surface area contributed by atoms with Crippen LogP contribution >= 0.6 is 0 Å². The quantitative estimate of drug-likeness (QED) is 0.496. The number of hydrogen-bond acceptors (Lipinski definition) is 5. The highest BCUT2D eigenvalue weighted by Gasteiger charge is 2.60. The first-order valence-corrected chi connectivity index (χ1v) is 12.9. The molecule has 6 heteroatoms. The van der Waals surface area contributed by atoms with Crippen molar-refractivity contribution >= 4 is 15.5 Å². The summed E-state index contributed by atoms with van der Waals surface area (Å²) in [6.45, 7) is 0.723. The Morgan fingerprint density at radius 1 is 0.939 bits per heavy atom. The van der Waals surface area contributed by atoms with Crippen molar-refractivity contribution in [1.82, 2.24) is 4.90 Å². The lowest BCUT2D eigenvalue weighted by atomic mass is 9.79. The van der Waals surface area contributed by atoms with Gasteiger partial charge < -0.3 is 4.84 Å². The maximum Gasteiger partial charge on any atom is 0.186 e. The summed E-state index contributed by atoms with van der Waals surface area (Å²) in [4.78, 5) is 8.12. The first-order chi connectivity index (χ1) is 16.1. The van der Waals surface area contributed by atoms with E-state index in [1.165, 1.54) is 12.7 Å². The van der Waals surface area contributed by atoms with Crippen molar-refractivity contribution in [1.29, 1.82) is 0 Å². The van der Waals surface area contributed by atoms with Gasteiger partial charge in [0.05, 0.1) is 10.4 Å². The summed E-state index contributed by atoms with van der Waals surface area (Å²) < 4.78 is 27.7. The van der Waals surface area contributed by atoms with Gasteiger partial charge in [0.15, 0.2) is 9.84 Å². The third-order valence-corrected chi connectivity index (χ3v) is 9.16. The third-order valence-electron chi connectivity index (χ3n) is 7.07. The Morgan fingerprint density at radius 3 is 2.18 bits per heavy atom. The lowest BCUT2D eigenvalue weighted by Crippen LogP contribution is -2.60. The van der Waals surface area contributed by atoms with Crippen LogP contribution in [0, 0.1) is 0 Å². The maximum absolute atomic E-state index is 13.9. The highest BCUT2D eigenvalue weighted by Crippen LogP contribution is 2.51. The largest absolute Gasteiger partial charge is 0.399 e. The van der Waals surface area contributed by atoms with E-state index in [0.717, 1.165) is 24.9 Å². The molecule has 0 amide bonds. The average Bonchev–Trinajstić information content (AvgIpc) is 3.11. The minimum Gasteiger partial charge on any atom is -0.399 e. The average molecular weight is 461 g/mol. The fourth-order valence-electron chi connectivity index (χ4n) is 5.63. The van der Waals surface area contributed by atoms with Crippen LogP contribution in [0.3, 0.4) is 0 Å². The van der Waals surface area contributed by atoms with E-state index in [2.05, 4.69) is 34.3 Å². The molecule has 2 heterocycles. The maximum atomic E-state index is 13.9. The molecule has 0 saturated carbocycles. The van der Waals surface area contributed by atoms with Crippen LogP contribution in [0.15, 0.2) is 101 Å². The molecule has 2 fully saturated rings. The zero-order valence-electron chi connectivity index (χ0n) is 18.7. The van der Waals surface area contributed by atoms with Gasteiger partial charge in [-0.25, -0.2) is 8.42 Å². The Labute approximate surface area is 195 Å². The number of rotatable bonds is 6. The van der Waals surface area contributed by atoms with Gasteiger partial charge in [-0.15, -0.1) is 0 Å². The Kier molecular flexibility index (Phi) is 5.81. The van der Waals surface area contributed by atoms with Gasteiger partial charge in [-0.3, -0.25) is 4.90 Å². The normalized spacial score (nSPS) is 26.4. The molecule has 3 atom stereocenters. The molecule has 5 nitrogen and oxygen atoms in total. The molecule has 0 spiro atoms. The lowest BCUT2D eigenvalue weighted by molar-refractivity contribution is 0.111. The smallest absolute Gasteiger partial charge is 0.186 e. The van der Waals surface area contributed by atoms with Crippen LogP contribution in [0.5, 0.6) is 0 Å². The van der Waals surface area contributed by atoms with Crippen LogP contribution in [-0.4, -0.2) is 37.4 Å². The predicted octanol–water partition coefficient (Wildman–Crippen LogP) is 4.80. The van der Waals surface area contributed by atoms with Gasteiger partial charge in [0.2, 0.25) is 0 Å². The van der Waals surface area contributed by atoms with Crippen LogP contribution in [0.1, 0.15) is 30.4 Å². The fraction of sp³-hybridized carbons (Fsp3) is 0.296. The van der Waals surface area contributed by atoms with Crippen molar-refractivity contribution in [2.24, 2.45) is 5.16 Å². The summed E-state index contributed by atoms with van der Waals surface area (Å²) in [5.74, 6) is 0. The standard InChI is InChI=1S/C27H28N2O3S/c1-32-28-26-25(33(30,31)24-15-9-4-10-16-24)19-23-17-18-27(26,22-13-7-3-8-14-22)29(23)20-21-11-5-2-6-12-21/h2-16,23,25H,17-20H2,1H3. The molecule has 3 unspecified atom stereocenters. The van der Waals surface area contributed by atoms with Crippen molar-refractivity contribution in [3.63, 3.8) is 0 Å². The van der Waals surface area contributed by atoms with E-state index < -0.39 is 20.6 Å². The van der Waals surface area contributed by atoms with Gasteiger partial charge in [0.25, 0.3) is 0 Å². The molecule has 2 aliphatic rings. The molecule has 2 aliphatic heterocycles. The molecule has 0 radical (unpaired) electrons. The molecule has 3 aromatic rings.